The van der Waals surface area contributed by atoms with Gasteiger partial charge >= 0.3 is 0 Å². The van der Waals surface area contributed by atoms with E-state index in [4.69, 9.17) is 17.3 Å². The first kappa shape index (κ1) is 16.5. The third kappa shape index (κ3) is 3.34. The molecule has 1 aliphatic heterocycles. The molecule has 118 valence electrons. The first-order chi connectivity index (χ1) is 9.73. The summed E-state index contributed by atoms with van der Waals surface area (Å²) < 4.78 is 27.5. The van der Waals surface area contributed by atoms with Crippen LogP contribution in [0.2, 0.25) is 5.02 Å². The third-order valence-electron chi connectivity index (χ3n) is 3.85. The van der Waals surface area contributed by atoms with E-state index in [-0.39, 0.29) is 10.9 Å². The number of hydrogen-bond donors (Lipinski definition) is 1. The summed E-state index contributed by atoms with van der Waals surface area (Å²) in [4.78, 5) is 2.23. The van der Waals surface area contributed by atoms with E-state index < -0.39 is 10.0 Å². The number of likely N-dealkylation sites (N-methyl/N-ethyl adjacent to an activating group) is 1. The zero-order valence-electron chi connectivity index (χ0n) is 12.6. The van der Waals surface area contributed by atoms with E-state index in [0.29, 0.717) is 29.4 Å². The summed E-state index contributed by atoms with van der Waals surface area (Å²) in [6.45, 7) is 2.98. The second kappa shape index (κ2) is 6.12. The van der Waals surface area contributed by atoms with E-state index in [2.05, 4.69) is 0 Å². The van der Waals surface area contributed by atoms with Crippen molar-refractivity contribution in [3.8, 4) is 0 Å². The van der Waals surface area contributed by atoms with Crippen LogP contribution in [0, 0.1) is 6.92 Å². The Hall–Kier alpha value is -0.820. The summed E-state index contributed by atoms with van der Waals surface area (Å²) in [5.41, 5.74) is 6.83. The van der Waals surface area contributed by atoms with Gasteiger partial charge in [0.1, 0.15) is 0 Å². The summed E-state index contributed by atoms with van der Waals surface area (Å²) in [5, 5.41) is 0.347. The van der Waals surface area contributed by atoms with Crippen molar-refractivity contribution in [2.24, 2.45) is 0 Å². The van der Waals surface area contributed by atoms with E-state index in [9.17, 15) is 8.42 Å². The van der Waals surface area contributed by atoms with Crippen LogP contribution in [0.4, 0.5) is 5.69 Å². The molecule has 7 heteroatoms. The van der Waals surface area contributed by atoms with Gasteiger partial charge in [0.15, 0.2) is 0 Å². The maximum absolute atomic E-state index is 12.9. The Morgan fingerprint density at radius 1 is 1.43 bits per heavy atom. The van der Waals surface area contributed by atoms with Crippen molar-refractivity contribution in [1.82, 2.24) is 9.21 Å². The van der Waals surface area contributed by atoms with Gasteiger partial charge in [0.2, 0.25) is 10.0 Å². The summed E-state index contributed by atoms with van der Waals surface area (Å²) >= 11 is 5.98. The summed E-state index contributed by atoms with van der Waals surface area (Å²) in [6, 6.07) is 3.08. The molecule has 5 nitrogen and oxygen atoms in total. The van der Waals surface area contributed by atoms with E-state index in [1.807, 2.05) is 19.0 Å². The number of benzene rings is 1. The Morgan fingerprint density at radius 3 is 2.71 bits per heavy atom. The van der Waals surface area contributed by atoms with Gasteiger partial charge in [-0.2, -0.15) is 4.31 Å². The molecule has 0 spiro atoms. The Balaban J connectivity index is 2.42. The van der Waals surface area contributed by atoms with Crippen LogP contribution < -0.4 is 5.73 Å². The van der Waals surface area contributed by atoms with Crippen molar-refractivity contribution < 1.29 is 8.42 Å². The largest absolute Gasteiger partial charge is 0.398 e. The lowest BCUT2D eigenvalue weighted by Gasteiger charge is -2.27. The van der Waals surface area contributed by atoms with Crippen LogP contribution in [-0.2, 0) is 10.0 Å². The number of nitrogen functional groups attached to an aromatic ring is 1. The van der Waals surface area contributed by atoms with Crippen molar-refractivity contribution >= 4 is 27.3 Å². The number of rotatable bonds is 4. The number of halogens is 1. The van der Waals surface area contributed by atoms with Gasteiger partial charge in [0.25, 0.3) is 0 Å². The normalized spacial score (nSPS) is 20.3. The highest BCUT2D eigenvalue weighted by Crippen LogP contribution is 2.32. The smallest absolute Gasteiger partial charge is 0.243 e. The van der Waals surface area contributed by atoms with Crippen molar-refractivity contribution in [2.75, 3.05) is 32.9 Å². The van der Waals surface area contributed by atoms with Gasteiger partial charge in [-0.05, 0) is 51.6 Å². The summed E-state index contributed by atoms with van der Waals surface area (Å²) in [7, 11) is 0.333. The predicted octanol–water partition coefficient (Wildman–Crippen LogP) is 1.95. The molecule has 2 N–H and O–H groups in total. The molecular weight excluding hydrogens is 310 g/mol. The molecule has 1 saturated heterocycles. The van der Waals surface area contributed by atoms with Crippen molar-refractivity contribution in [3.63, 3.8) is 0 Å². The first-order valence-electron chi connectivity index (χ1n) is 6.95. The molecule has 2 rings (SSSR count). The van der Waals surface area contributed by atoms with Crippen LogP contribution in [0.15, 0.2) is 17.0 Å². The molecule has 1 heterocycles. The summed E-state index contributed by atoms with van der Waals surface area (Å²) in [6.07, 6.45) is 1.76. The molecule has 0 saturated carbocycles. The molecule has 21 heavy (non-hydrogen) atoms. The van der Waals surface area contributed by atoms with Gasteiger partial charge in [-0.3, -0.25) is 0 Å². The number of anilines is 1. The lowest BCUT2D eigenvalue weighted by molar-refractivity contribution is 0.291. The minimum Gasteiger partial charge on any atom is -0.398 e. The number of sulfonamides is 1. The Bertz CT molecular complexity index is 631. The van der Waals surface area contributed by atoms with Gasteiger partial charge in [-0.15, -0.1) is 0 Å². The molecule has 1 aromatic rings. The van der Waals surface area contributed by atoms with E-state index >= 15 is 0 Å². The predicted molar refractivity (Wildman–Crippen MR) is 86.1 cm³/mol. The molecule has 1 atom stereocenters. The molecular formula is C14H22ClN3O2S. The standard InChI is InChI=1S/C14H22ClN3O2S/c1-10-13(16)7-11(15)8-14(10)21(19,20)18-6-4-5-12(18)9-17(2)3/h7-8,12H,4-6,9,16H2,1-3H3. The average Bonchev–Trinajstić information content (AvgIpc) is 2.81. The number of nitrogens with two attached hydrogens (primary N) is 1. The van der Waals surface area contributed by atoms with Crippen LogP contribution in [0.1, 0.15) is 18.4 Å². The van der Waals surface area contributed by atoms with Crippen molar-refractivity contribution in [2.45, 2.75) is 30.7 Å². The molecule has 0 bridgehead atoms. The van der Waals surface area contributed by atoms with Gasteiger partial charge in [0, 0.05) is 29.8 Å². The highest BCUT2D eigenvalue weighted by atomic mass is 35.5. The highest BCUT2D eigenvalue weighted by molar-refractivity contribution is 7.89. The first-order valence-corrected chi connectivity index (χ1v) is 8.77. The molecule has 1 fully saturated rings. The van der Waals surface area contributed by atoms with Gasteiger partial charge in [-0.1, -0.05) is 11.6 Å². The Labute approximate surface area is 131 Å². The maximum Gasteiger partial charge on any atom is 0.243 e. The number of hydrogen-bond acceptors (Lipinski definition) is 4. The Morgan fingerprint density at radius 2 is 2.10 bits per heavy atom. The molecule has 1 aliphatic rings. The van der Waals surface area contributed by atoms with Crippen molar-refractivity contribution in [1.29, 1.82) is 0 Å². The molecule has 0 aliphatic carbocycles. The van der Waals surface area contributed by atoms with Crippen LogP contribution in [-0.4, -0.2) is 50.8 Å². The zero-order valence-corrected chi connectivity index (χ0v) is 14.2. The van der Waals surface area contributed by atoms with Crippen LogP contribution in [0.25, 0.3) is 0 Å². The molecule has 1 unspecified atom stereocenters. The van der Waals surface area contributed by atoms with Gasteiger partial charge < -0.3 is 10.6 Å². The average molecular weight is 332 g/mol. The quantitative estimate of drug-likeness (QED) is 0.856. The second-order valence-electron chi connectivity index (χ2n) is 5.79. The molecule has 0 aromatic heterocycles. The van der Waals surface area contributed by atoms with E-state index in [1.165, 1.54) is 6.07 Å². The monoisotopic (exact) mass is 331 g/mol. The minimum atomic E-state index is -3.57. The fourth-order valence-electron chi connectivity index (χ4n) is 2.80. The third-order valence-corrected chi connectivity index (χ3v) is 6.15. The van der Waals surface area contributed by atoms with Crippen LogP contribution >= 0.6 is 11.6 Å². The lowest BCUT2D eigenvalue weighted by Crippen LogP contribution is -2.41. The SMILES string of the molecule is Cc1c(N)cc(Cl)cc1S(=O)(=O)N1CCCC1CN(C)C. The fraction of sp³-hybridized carbons (Fsp3) is 0.571. The summed E-state index contributed by atoms with van der Waals surface area (Å²) in [5.74, 6) is 0. The Kier molecular flexibility index (Phi) is 4.82. The molecule has 0 radical (unpaired) electrons. The van der Waals surface area contributed by atoms with Crippen molar-refractivity contribution in [3.05, 3.63) is 22.7 Å². The fourth-order valence-corrected chi connectivity index (χ4v) is 5.06. The van der Waals surface area contributed by atoms with E-state index in [1.54, 1.807) is 17.3 Å². The number of nitrogens with zero attached hydrogens (tertiary/aromatic N) is 2. The van der Waals surface area contributed by atoms with Gasteiger partial charge in [0.05, 0.1) is 4.90 Å². The lowest BCUT2D eigenvalue weighted by atomic mass is 10.2. The molecule has 1 aromatic carbocycles. The minimum absolute atomic E-state index is 0.00426. The second-order valence-corrected chi connectivity index (χ2v) is 8.09. The van der Waals surface area contributed by atoms with Crippen LogP contribution in [0.5, 0.6) is 0 Å². The maximum atomic E-state index is 12.9. The highest BCUT2D eigenvalue weighted by Gasteiger charge is 2.36. The van der Waals surface area contributed by atoms with E-state index in [0.717, 1.165) is 12.8 Å². The van der Waals surface area contributed by atoms with Gasteiger partial charge in [-0.25, -0.2) is 8.42 Å². The molecule has 0 amide bonds. The zero-order chi connectivity index (χ0) is 15.8. The van der Waals surface area contributed by atoms with Crippen LogP contribution in [0.3, 0.4) is 0 Å². The topological polar surface area (TPSA) is 66.6 Å².